The minimum absolute atomic E-state index is 0.488. The zero-order valence-corrected chi connectivity index (χ0v) is 18.6. The van der Waals surface area contributed by atoms with Crippen molar-refractivity contribution in [2.75, 3.05) is 0 Å². The highest BCUT2D eigenvalue weighted by atomic mass is 16.1. The number of carbonyl (C=O) groups is 1. The molecule has 0 saturated carbocycles. The van der Waals surface area contributed by atoms with Crippen LogP contribution < -0.4 is 10.4 Å². The van der Waals surface area contributed by atoms with Crippen molar-refractivity contribution in [1.82, 2.24) is 4.98 Å². The van der Waals surface area contributed by atoms with Gasteiger partial charge in [0.25, 0.3) is 0 Å². The van der Waals surface area contributed by atoms with E-state index in [2.05, 4.69) is 64.7 Å². The van der Waals surface area contributed by atoms with E-state index in [0.717, 1.165) is 11.8 Å². The summed E-state index contributed by atoms with van der Waals surface area (Å²) in [5.74, 6) is 1.75. The lowest BCUT2D eigenvalue weighted by molar-refractivity contribution is -0.0979. The largest absolute Gasteiger partial charge is 0.307 e. The molecule has 0 aliphatic heterocycles. The molecule has 0 radical (unpaired) electrons. The molecule has 2 unspecified atom stereocenters. The summed E-state index contributed by atoms with van der Waals surface area (Å²) in [6.45, 7) is 20.1. The van der Waals surface area contributed by atoms with E-state index in [1.165, 1.54) is 42.5 Å². The summed E-state index contributed by atoms with van der Waals surface area (Å²) in [4.78, 5) is 12.0. The van der Waals surface area contributed by atoms with E-state index in [-0.39, 0.29) is 0 Å². The van der Waals surface area contributed by atoms with Gasteiger partial charge in [0.05, 0.1) is 0 Å². The molecule has 0 fully saturated rings. The number of pyridine rings is 1. The van der Waals surface area contributed by atoms with E-state index in [1.807, 2.05) is 33.0 Å². The summed E-state index contributed by atoms with van der Waals surface area (Å²) in [5, 5.41) is 2.62. The maximum atomic E-state index is 8.00. The molecule has 26 heavy (non-hydrogen) atoms. The standard InChI is InChI=1S/C12H26.C9H9N.C2H6.CH2O/c1-7-8-10(2)9-11(3)12(4,5)6;1-2-4-9-7-10-6-5-8(9)3-1;2*1-2/h10-11H,7-9H2,1-6H3;3-7H,1-2H2;1-2H3;1H2. The SMILES string of the molecule is C1=c2ccncc2=CCC1.C=O.CC.CCCC(C)CC(C)C(C)(C)C. The fourth-order valence-corrected chi connectivity index (χ4v) is 2.82. The van der Waals surface area contributed by atoms with Gasteiger partial charge in [-0.05, 0) is 53.0 Å². The Kier molecular flexibility index (Phi) is 16.3. The van der Waals surface area contributed by atoms with Gasteiger partial charge in [0.2, 0.25) is 0 Å². The van der Waals surface area contributed by atoms with Crippen LogP contribution >= 0.6 is 0 Å². The van der Waals surface area contributed by atoms with Crippen molar-refractivity contribution in [2.45, 2.75) is 87.5 Å². The van der Waals surface area contributed by atoms with Crippen molar-refractivity contribution in [1.29, 1.82) is 0 Å². The normalized spacial score (nSPS) is 14.2. The van der Waals surface area contributed by atoms with E-state index in [1.54, 1.807) is 0 Å². The van der Waals surface area contributed by atoms with Gasteiger partial charge in [0.1, 0.15) is 6.79 Å². The highest BCUT2D eigenvalue weighted by molar-refractivity contribution is 5.36. The number of carbonyl (C=O) groups excluding carboxylic acids is 1. The molecule has 1 aromatic heterocycles. The predicted octanol–water partition coefficient (Wildman–Crippen LogP) is 5.77. The van der Waals surface area contributed by atoms with E-state index < -0.39 is 0 Å². The lowest BCUT2D eigenvalue weighted by Crippen LogP contribution is -2.26. The maximum absolute atomic E-state index is 8.00. The smallest absolute Gasteiger partial charge is 0.106 e. The number of fused-ring (bicyclic) bond motifs is 1. The van der Waals surface area contributed by atoms with Gasteiger partial charge >= 0.3 is 0 Å². The predicted molar refractivity (Wildman–Crippen MR) is 117 cm³/mol. The van der Waals surface area contributed by atoms with Crippen LogP contribution in [0.5, 0.6) is 0 Å². The average molecular weight is 362 g/mol. The molecule has 2 rings (SSSR count). The van der Waals surface area contributed by atoms with Gasteiger partial charge in [-0.25, -0.2) is 0 Å². The second-order valence-electron chi connectivity index (χ2n) is 7.89. The van der Waals surface area contributed by atoms with E-state index >= 15 is 0 Å². The molecule has 0 aromatic carbocycles. The van der Waals surface area contributed by atoms with Crippen LogP contribution in [0.25, 0.3) is 12.2 Å². The van der Waals surface area contributed by atoms with Crippen molar-refractivity contribution in [3.8, 4) is 0 Å². The van der Waals surface area contributed by atoms with E-state index in [9.17, 15) is 0 Å². The Hall–Kier alpha value is -1.44. The van der Waals surface area contributed by atoms with Crippen LogP contribution in [0.4, 0.5) is 0 Å². The average Bonchev–Trinajstić information content (AvgIpc) is 2.65. The van der Waals surface area contributed by atoms with E-state index in [0.29, 0.717) is 5.41 Å². The van der Waals surface area contributed by atoms with E-state index in [4.69, 9.17) is 4.79 Å². The molecule has 150 valence electrons. The summed E-state index contributed by atoms with van der Waals surface area (Å²) >= 11 is 0. The lowest BCUT2D eigenvalue weighted by Gasteiger charge is -2.29. The molecular formula is C24H43NO. The maximum Gasteiger partial charge on any atom is 0.106 e. The number of nitrogens with zero attached hydrogens (tertiary/aromatic N) is 1. The van der Waals surface area contributed by atoms with Gasteiger partial charge in [0.15, 0.2) is 0 Å². The molecule has 2 nitrogen and oxygen atoms in total. The second-order valence-corrected chi connectivity index (χ2v) is 7.89. The molecule has 0 saturated heterocycles. The summed E-state index contributed by atoms with van der Waals surface area (Å²) in [7, 11) is 0. The summed E-state index contributed by atoms with van der Waals surface area (Å²) in [6.07, 6.45) is 14.7. The second kappa shape index (κ2) is 15.8. The molecule has 0 N–H and O–H groups in total. The Balaban J connectivity index is 0. The van der Waals surface area contributed by atoms with Gasteiger partial charge in [-0.2, -0.15) is 0 Å². The minimum atomic E-state index is 0.488. The molecule has 2 atom stereocenters. The highest BCUT2D eigenvalue weighted by Crippen LogP contribution is 2.31. The third kappa shape index (κ3) is 12.0. The quantitative estimate of drug-likeness (QED) is 0.681. The monoisotopic (exact) mass is 361 g/mol. The molecule has 2 heteroatoms. The first-order valence-electron chi connectivity index (χ1n) is 10.2. The third-order valence-corrected chi connectivity index (χ3v) is 4.80. The summed E-state index contributed by atoms with van der Waals surface area (Å²) in [6, 6.07) is 2.06. The lowest BCUT2D eigenvalue weighted by atomic mass is 9.77. The molecule has 0 spiro atoms. The Bertz CT molecular complexity index is 521. The van der Waals surface area contributed by atoms with Crippen molar-refractivity contribution < 1.29 is 4.79 Å². The van der Waals surface area contributed by atoms with Crippen LogP contribution in [-0.4, -0.2) is 11.8 Å². The molecule has 1 heterocycles. The van der Waals surface area contributed by atoms with Crippen LogP contribution in [0.2, 0.25) is 0 Å². The number of hydrogen-bond acceptors (Lipinski definition) is 2. The van der Waals surface area contributed by atoms with Crippen molar-refractivity contribution in [3.63, 3.8) is 0 Å². The molecule has 1 aromatic rings. The van der Waals surface area contributed by atoms with Crippen LogP contribution in [-0.2, 0) is 4.79 Å². The first-order chi connectivity index (χ1) is 12.3. The Labute approximate surface area is 162 Å². The fourth-order valence-electron chi connectivity index (χ4n) is 2.82. The summed E-state index contributed by atoms with van der Waals surface area (Å²) in [5.41, 5.74) is 0.488. The number of hydrogen-bond donors (Lipinski definition) is 0. The Morgan fingerprint density at radius 1 is 1.08 bits per heavy atom. The highest BCUT2D eigenvalue weighted by Gasteiger charge is 2.21. The fraction of sp³-hybridized carbons (Fsp3) is 0.667. The molecule has 0 amide bonds. The van der Waals surface area contributed by atoms with Crippen LogP contribution in [0.1, 0.15) is 87.5 Å². The van der Waals surface area contributed by atoms with Crippen molar-refractivity contribution >= 4 is 18.9 Å². The van der Waals surface area contributed by atoms with Gasteiger partial charge in [0, 0.05) is 12.4 Å². The van der Waals surface area contributed by atoms with Gasteiger partial charge in [-0.3, -0.25) is 4.98 Å². The zero-order valence-electron chi connectivity index (χ0n) is 18.6. The zero-order chi connectivity index (χ0) is 20.6. The molecule has 1 aliphatic carbocycles. The third-order valence-electron chi connectivity index (χ3n) is 4.80. The Morgan fingerprint density at radius 2 is 1.62 bits per heavy atom. The first-order valence-corrected chi connectivity index (χ1v) is 10.2. The van der Waals surface area contributed by atoms with Crippen LogP contribution in [0, 0.1) is 17.3 Å². The molecular weight excluding hydrogens is 318 g/mol. The van der Waals surface area contributed by atoms with Gasteiger partial charge < -0.3 is 4.79 Å². The van der Waals surface area contributed by atoms with Gasteiger partial charge in [-0.1, -0.05) is 80.4 Å². The first kappa shape index (κ1) is 26.8. The molecule has 0 bridgehead atoms. The minimum Gasteiger partial charge on any atom is -0.307 e. The van der Waals surface area contributed by atoms with Crippen molar-refractivity contribution in [3.05, 3.63) is 28.9 Å². The number of aromatic nitrogens is 1. The van der Waals surface area contributed by atoms with Crippen molar-refractivity contribution in [2.24, 2.45) is 17.3 Å². The Morgan fingerprint density at radius 3 is 2.08 bits per heavy atom. The number of rotatable bonds is 4. The summed E-state index contributed by atoms with van der Waals surface area (Å²) < 4.78 is 0. The van der Waals surface area contributed by atoms with Gasteiger partial charge in [-0.15, -0.1) is 0 Å². The van der Waals surface area contributed by atoms with Crippen LogP contribution in [0.15, 0.2) is 18.5 Å². The van der Waals surface area contributed by atoms with Crippen LogP contribution in [0.3, 0.4) is 0 Å². The molecule has 1 aliphatic rings. The topological polar surface area (TPSA) is 30.0 Å².